The molecule has 0 aromatic heterocycles. The molecule has 0 aliphatic carbocycles. The zero-order valence-electron chi connectivity index (χ0n) is 17.4. The molecule has 0 unspecified atom stereocenters. The number of hydrogen-bond donors (Lipinski definition) is 1. The van der Waals surface area contributed by atoms with Gasteiger partial charge >= 0.3 is 0 Å². The Morgan fingerprint density at radius 3 is 2.38 bits per heavy atom. The van der Waals surface area contributed by atoms with Crippen LogP contribution in [0.3, 0.4) is 0 Å². The van der Waals surface area contributed by atoms with Crippen molar-refractivity contribution in [3.05, 3.63) is 93.5 Å². The van der Waals surface area contributed by atoms with Crippen LogP contribution < -0.4 is 9.73 Å². The number of nitrogens with zero attached hydrogens (tertiary/aromatic N) is 2. The van der Waals surface area contributed by atoms with Crippen molar-refractivity contribution in [2.24, 2.45) is 5.10 Å². The summed E-state index contributed by atoms with van der Waals surface area (Å²) >= 11 is 12.0. The van der Waals surface area contributed by atoms with Gasteiger partial charge < -0.3 is 0 Å². The zero-order chi connectivity index (χ0) is 23.3. The summed E-state index contributed by atoms with van der Waals surface area (Å²) in [6.07, 6.45) is 1.36. The quantitative estimate of drug-likeness (QED) is 0.376. The molecule has 0 heterocycles. The third-order valence-corrected chi connectivity index (χ3v) is 6.89. The first-order chi connectivity index (χ1) is 15.2. The normalized spacial score (nSPS) is 11.5. The van der Waals surface area contributed by atoms with Gasteiger partial charge in [0.25, 0.3) is 15.9 Å². The fraction of sp³-hybridized carbons (Fsp3) is 0.130. The van der Waals surface area contributed by atoms with Gasteiger partial charge in [-0.3, -0.25) is 9.10 Å². The van der Waals surface area contributed by atoms with Crippen molar-refractivity contribution in [3.63, 3.8) is 0 Å². The van der Waals surface area contributed by atoms with Crippen molar-refractivity contribution in [2.75, 3.05) is 10.8 Å². The van der Waals surface area contributed by atoms with Crippen molar-refractivity contribution in [2.45, 2.75) is 18.7 Å². The maximum Gasteiger partial charge on any atom is 0.264 e. The van der Waals surface area contributed by atoms with Crippen molar-refractivity contribution < 1.29 is 13.2 Å². The van der Waals surface area contributed by atoms with Crippen molar-refractivity contribution >= 4 is 51.0 Å². The molecule has 0 saturated heterocycles. The van der Waals surface area contributed by atoms with Crippen molar-refractivity contribution in [1.82, 2.24) is 5.43 Å². The zero-order valence-corrected chi connectivity index (χ0v) is 19.7. The lowest BCUT2D eigenvalue weighted by Gasteiger charge is -2.24. The van der Waals surface area contributed by atoms with E-state index in [-0.39, 0.29) is 4.90 Å². The molecule has 3 aromatic rings. The number of amides is 1. The van der Waals surface area contributed by atoms with Gasteiger partial charge in [-0.05, 0) is 55.8 Å². The monoisotopic (exact) mass is 489 g/mol. The molecule has 0 saturated carbocycles. The van der Waals surface area contributed by atoms with Gasteiger partial charge in [-0.2, -0.15) is 5.10 Å². The highest BCUT2D eigenvalue weighted by molar-refractivity contribution is 7.92. The third kappa shape index (κ3) is 5.88. The standard InChI is InChI=1S/C23H21Cl2N3O3S/c1-16-6-10-21(11-7-16)32(30,31)28(20-5-3-4-17(2)12-20)15-23(29)27-26-14-18-8-9-19(24)13-22(18)25/h3-14H,15H2,1-2H3,(H,27,29)/b26-14-. The first kappa shape index (κ1) is 23.8. The average molecular weight is 490 g/mol. The molecule has 0 bridgehead atoms. The second-order valence-electron chi connectivity index (χ2n) is 7.12. The summed E-state index contributed by atoms with van der Waals surface area (Å²) in [7, 11) is -3.99. The second-order valence-corrected chi connectivity index (χ2v) is 9.83. The molecular weight excluding hydrogens is 469 g/mol. The number of halogens is 2. The van der Waals surface area contributed by atoms with Crippen LogP contribution >= 0.6 is 23.2 Å². The second kappa shape index (κ2) is 10.2. The minimum Gasteiger partial charge on any atom is -0.271 e. The maximum absolute atomic E-state index is 13.3. The third-order valence-electron chi connectivity index (χ3n) is 4.54. The van der Waals surface area contributed by atoms with E-state index in [1.807, 2.05) is 19.9 Å². The summed E-state index contributed by atoms with van der Waals surface area (Å²) in [6.45, 7) is 3.26. The van der Waals surface area contributed by atoms with Crippen LogP contribution in [0.5, 0.6) is 0 Å². The summed E-state index contributed by atoms with van der Waals surface area (Å²) in [6, 6.07) is 18.2. The maximum atomic E-state index is 13.3. The van der Waals surface area contributed by atoms with Gasteiger partial charge in [-0.15, -0.1) is 0 Å². The molecule has 166 valence electrons. The molecule has 32 heavy (non-hydrogen) atoms. The van der Waals surface area contributed by atoms with E-state index in [0.29, 0.717) is 21.3 Å². The number of sulfonamides is 1. The lowest BCUT2D eigenvalue weighted by Crippen LogP contribution is -2.39. The van der Waals surface area contributed by atoms with Gasteiger partial charge in [-0.1, -0.05) is 59.1 Å². The number of carbonyl (C=O) groups excluding carboxylic acids is 1. The molecule has 0 fully saturated rings. The first-order valence-electron chi connectivity index (χ1n) is 9.60. The average Bonchev–Trinajstić information content (AvgIpc) is 2.74. The molecule has 1 N–H and O–H groups in total. The molecule has 3 rings (SSSR count). The van der Waals surface area contributed by atoms with Crippen LogP contribution in [-0.4, -0.2) is 27.1 Å². The summed E-state index contributed by atoms with van der Waals surface area (Å²) in [5.74, 6) is -0.608. The highest BCUT2D eigenvalue weighted by Gasteiger charge is 2.27. The highest BCUT2D eigenvalue weighted by atomic mass is 35.5. The fourth-order valence-electron chi connectivity index (χ4n) is 2.88. The number of anilines is 1. The van der Waals surface area contributed by atoms with Crippen LogP contribution in [0.2, 0.25) is 10.0 Å². The van der Waals surface area contributed by atoms with Gasteiger partial charge in [0.1, 0.15) is 6.54 Å². The molecule has 0 spiro atoms. The molecule has 1 amide bonds. The van der Waals surface area contributed by atoms with Gasteiger partial charge in [-0.25, -0.2) is 13.8 Å². The summed E-state index contributed by atoms with van der Waals surface area (Å²) in [5, 5.41) is 4.74. The Labute approximate surface area is 197 Å². The van der Waals surface area contributed by atoms with Crippen LogP contribution in [0.1, 0.15) is 16.7 Å². The van der Waals surface area contributed by atoms with Crippen LogP contribution in [0.25, 0.3) is 0 Å². The molecule has 0 aliphatic rings. The molecule has 0 radical (unpaired) electrons. The molecule has 0 atom stereocenters. The van der Waals surface area contributed by atoms with Crippen LogP contribution in [0.4, 0.5) is 5.69 Å². The van der Waals surface area contributed by atoms with Crippen molar-refractivity contribution in [3.8, 4) is 0 Å². The molecule has 9 heteroatoms. The van der Waals surface area contributed by atoms with E-state index >= 15 is 0 Å². The number of rotatable bonds is 7. The van der Waals surface area contributed by atoms with Gasteiger partial charge in [0.2, 0.25) is 0 Å². The highest BCUT2D eigenvalue weighted by Crippen LogP contribution is 2.25. The minimum absolute atomic E-state index is 0.0915. The SMILES string of the molecule is Cc1ccc(S(=O)(=O)N(CC(=O)N/N=C\c2ccc(Cl)cc2Cl)c2cccc(C)c2)cc1. The number of nitrogens with one attached hydrogen (secondary N) is 1. The minimum atomic E-state index is -3.99. The van der Waals surface area contributed by atoms with E-state index in [1.54, 1.807) is 48.5 Å². The van der Waals surface area contributed by atoms with Crippen LogP contribution in [-0.2, 0) is 14.8 Å². The Morgan fingerprint density at radius 2 is 1.72 bits per heavy atom. The van der Waals surface area contributed by atoms with E-state index in [1.165, 1.54) is 18.3 Å². The number of benzene rings is 3. The Kier molecular flexibility index (Phi) is 7.56. The van der Waals surface area contributed by atoms with Gasteiger partial charge in [0.05, 0.1) is 21.8 Å². The molecular formula is C23H21Cl2N3O3S. The van der Waals surface area contributed by atoms with Crippen molar-refractivity contribution in [1.29, 1.82) is 0 Å². The fourth-order valence-corrected chi connectivity index (χ4v) is 4.75. The Morgan fingerprint density at radius 1 is 1.00 bits per heavy atom. The number of hydrazone groups is 1. The lowest BCUT2D eigenvalue weighted by atomic mass is 10.2. The predicted molar refractivity (Wildman–Crippen MR) is 129 cm³/mol. The van der Waals surface area contributed by atoms with Gasteiger partial charge in [0, 0.05) is 10.6 Å². The smallest absolute Gasteiger partial charge is 0.264 e. The van der Waals surface area contributed by atoms with E-state index in [9.17, 15) is 13.2 Å². The lowest BCUT2D eigenvalue weighted by molar-refractivity contribution is -0.119. The predicted octanol–water partition coefficient (Wildman–Crippen LogP) is 4.96. The first-order valence-corrected chi connectivity index (χ1v) is 11.8. The topological polar surface area (TPSA) is 78.8 Å². The Balaban J connectivity index is 1.85. The summed E-state index contributed by atoms with van der Waals surface area (Å²) < 4.78 is 27.7. The van der Waals surface area contributed by atoms with E-state index in [4.69, 9.17) is 23.2 Å². The number of hydrogen-bond acceptors (Lipinski definition) is 4. The summed E-state index contributed by atoms with van der Waals surface area (Å²) in [4.78, 5) is 12.7. The Bertz CT molecular complexity index is 1260. The van der Waals surface area contributed by atoms with E-state index in [2.05, 4.69) is 10.5 Å². The van der Waals surface area contributed by atoms with Gasteiger partial charge in [0.15, 0.2) is 0 Å². The molecule has 6 nitrogen and oxygen atoms in total. The van der Waals surface area contributed by atoms with E-state index < -0.39 is 22.5 Å². The number of aryl methyl sites for hydroxylation is 2. The summed E-state index contributed by atoms with van der Waals surface area (Å²) in [5.41, 5.74) is 5.08. The number of carbonyl (C=O) groups is 1. The van der Waals surface area contributed by atoms with Crippen LogP contribution in [0, 0.1) is 13.8 Å². The van der Waals surface area contributed by atoms with Crippen LogP contribution in [0.15, 0.2) is 76.7 Å². The Hall–Kier alpha value is -2.87. The molecule has 3 aromatic carbocycles. The van der Waals surface area contributed by atoms with E-state index in [0.717, 1.165) is 15.4 Å². The molecule has 0 aliphatic heterocycles. The largest absolute Gasteiger partial charge is 0.271 e.